The fraction of sp³-hybridized carbons (Fsp3) is 0.0526. The van der Waals surface area contributed by atoms with Crippen LogP contribution in [0.5, 0.6) is 0 Å². The molecule has 0 spiro atoms. The van der Waals surface area contributed by atoms with Crippen molar-refractivity contribution >= 4 is 16.9 Å². The number of amides is 1. The minimum absolute atomic E-state index is 0.149. The standard InChI is InChI=1S/C19H15N5O2/c25-18(17-19(26)23-15-7-3-2-6-14(15)22-17)21-11-13-5-1-4-8-16(13)24-10-9-20-12-24/h1-10,12H,11H2,(H,21,25)(H,23,26). The number of hydrogen-bond acceptors (Lipinski definition) is 4. The molecule has 0 fully saturated rings. The fourth-order valence-electron chi connectivity index (χ4n) is 2.76. The van der Waals surface area contributed by atoms with Crippen molar-refractivity contribution in [1.29, 1.82) is 0 Å². The van der Waals surface area contributed by atoms with Gasteiger partial charge in [0.15, 0.2) is 5.69 Å². The lowest BCUT2D eigenvalue weighted by molar-refractivity contribution is 0.0944. The summed E-state index contributed by atoms with van der Waals surface area (Å²) in [6, 6.07) is 14.7. The summed E-state index contributed by atoms with van der Waals surface area (Å²) in [6.07, 6.45) is 5.21. The van der Waals surface area contributed by atoms with Crippen LogP contribution in [-0.2, 0) is 6.54 Å². The Kier molecular flexibility index (Phi) is 4.03. The molecule has 4 aromatic rings. The van der Waals surface area contributed by atoms with E-state index in [1.165, 1.54) is 0 Å². The predicted molar refractivity (Wildman–Crippen MR) is 97.1 cm³/mol. The van der Waals surface area contributed by atoms with E-state index in [0.717, 1.165) is 11.3 Å². The lowest BCUT2D eigenvalue weighted by atomic mass is 10.1. The highest BCUT2D eigenvalue weighted by atomic mass is 16.2. The first-order valence-electron chi connectivity index (χ1n) is 8.06. The molecule has 2 aromatic heterocycles. The summed E-state index contributed by atoms with van der Waals surface area (Å²) in [4.78, 5) is 35.5. The van der Waals surface area contributed by atoms with Crippen LogP contribution in [0.4, 0.5) is 0 Å². The van der Waals surface area contributed by atoms with Crippen LogP contribution >= 0.6 is 0 Å². The van der Waals surface area contributed by atoms with Crippen LogP contribution in [0.2, 0.25) is 0 Å². The van der Waals surface area contributed by atoms with Crippen molar-refractivity contribution in [2.75, 3.05) is 0 Å². The van der Waals surface area contributed by atoms with Gasteiger partial charge in [0.25, 0.3) is 11.5 Å². The van der Waals surface area contributed by atoms with Gasteiger partial charge in [-0.2, -0.15) is 0 Å². The van der Waals surface area contributed by atoms with Gasteiger partial charge in [0.05, 0.1) is 23.0 Å². The zero-order valence-corrected chi connectivity index (χ0v) is 13.7. The van der Waals surface area contributed by atoms with Crippen molar-refractivity contribution in [3.63, 3.8) is 0 Å². The molecule has 2 N–H and O–H groups in total. The van der Waals surface area contributed by atoms with Gasteiger partial charge in [-0.15, -0.1) is 0 Å². The molecule has 0 aliphatic rings. The number of aromatic nitrogens is 4. The Balaban J connectivity index is 1.59. The van der Waals surface area contributed by atoms with E-state index in [1.54, 1.807) is 36.8 Å². The molecule has 2 aromatic carbocycles. The second kappa shape index (κ2) is 6.64. The molecular weight excluding hydrogens is 330 g/mol. The third kappa shape index (κ3) is 2.98. The third-order valence-electron chi connectivity index (χ3n) is 4.03. The molecule has 7 heteroatoms. The largest absolute Gasteiger partial charge is 0.346 e. The maximum atomic E-state index is 12.5. The molecule has 0 saturated heterocycles. The summed E-state index contributed by atoms with van der Waals surface area (Å²) in [5.74, 6) is -0.516. The van der Waals surface area contributed by atoms with Gasteiger partial charge in [0, 0.05) is 18.9 Å². The molecular formula is C19H15N5O2. The van der Waals surface area contributed by atoms with Crippen LogP contribution in [0.15, 0.2) is 72.0 Å². The summed E-state index contributed by atoms with van der Waals surface area (Å²) in [5, 5.41) is 2.77. The van der Waals surface area contributed by atoms with Crippen molar-refractivity contribution in [2.24, 2.45) is 0 Å². The Bertz CT molecular complexity index is 1130. The smallest absolute Gasteiger partial charge is 0.280 e. The molecule has 26 heavy (non-hydrogen) atoms. The van der Waals surface area contributed by atoms with Crippen molar-refractivity contribution in [1.82, 2.24) is 24.8 Å². The van der Waals surface area contributed by atoms with Gasteiger partial charge in [-0.3, -0.25) is 9.59 Å². The molecule has 1 amide bonds. The average molecular weight is 345 g/mol. The lowest BCUT2D eigenvalue weighted by Gasteiger charge is -2.11. The maximum absolute atomic E-state index is 12.5. The van der Waals surface area contributed by atoms with E-state index in [0.29, 0.717) is 11.0 Å². The van der Waals surface area contributed by atoms with Gasteiger partial charge >= 0.3 is 0 Å². The van der Waals surface area contributed by atoms with Gasteiger partial charge in [0.2, 0.25) is 0 Å². The number of hydrogen-bond donors (Lipinski definition) is 2. The lowest BCUT2D eigenvalue weighted by Crippen LogP contribution is -2.31. The minimum atomic E-state index is -0.516. The molecule has 0 saturated carbocycles. The molecule has 7 nitrogen and oxygen atoms in total. The molecule has 0 atom stereocenters. The van der Waals surface area contributed by atoms with E-state index in [1.807, 2.05) is 35.0 Å². The zero-order valence-electron chi connectivity index (χ0n) is 13.7. The topological polar surface area (TPSA) is 92.7 Å². The van der Waals surface area contributed by atoms with Crippen LogP contribution < -0.4 is 10.9 Å². The molecule has 128 valence electrons. The zero-order chi connectivity index (χ0) is 17.9. The van der Waals surface area contributed by atoms with E-state index in [-0.39, 0.29) is 12.2 Å². The quantitative estimate of drug-likeness (QED) is 0.592. The number of nitrogens with one attached hydrogen (secondary N) is 2. The van der Waals surface area contributed by atoms with Gasteiger partial charge < -0.3 is 14.9 Å². The third-order valence-corrected chi connectivity index (χ3v) is 4.03. The van der Waals surface area contributed by atoms with E-state index in [2.05, 4.69) is 20.3 Å². The summed E-state index contributed by atoms with van der Waals surface area (Å²) in [5.41, 5.74) is 2.31. The van der Waals surface area contributed by atoms with E-state index in [4.69, 9.17) is 0 Å². The molecule has 0 radical (unpaired) electrons. The first-order valence-corrected chi connectivity index (χ1v) is 8.06. The van der Waals surface area contributed by atoms with E-state index < -0.39 is 11.5 Å². The number of aromatic amines is 1. The van der Waals surface area contributed by atoms with Crippen molar-refractivity contribution in [2.45, 2.75) is 6.54 Å². The van der Waals surface area contributed by atoms with Crippen molar-refractivity contribution < 1.29 is 4.79 Å². The number of fused-ring (bicyclic) bond motifs is 1. The van der Waals surface area contributed by atoms with Crippen molar-refractivity contribution in [3.8, 4) is 5.69 Å². The number of carbonyl (C=O) groups excluding carboxylic acids is 1. The van der Waals surface area contributed by atoms with Crippen LogP contribution in [0.3, 0.4) is 0 Å². The van der Waals surface area contributed by atoms with Gasteiger partial charge in [0.1, 0.15) is 0 Å². The first kappa shape index (κ1) is 15.8. The number of H-pyrrole nitrogens is 1. The van der Waals surface area contributed by atoms with E-state index in [9.17, 15) is 9.59 Å². The second-order valence-electron chi connectivity index (χ2n) is 5.71. The number of rotatable bonds is 4. The number of benzene rings is 2. The number of carbonyl (C=O) groups is 1. The van der Waals surface area contributed by atoms with Crippen LogP contribution in [-0.4, -0.2) is 25.4 Å². The number of nitrogens with zero attached hydrogens (tertiary/aromatic N) is 3. The Morgan fingerprint density at radius 3 is 2.77 bits per heavy atom. The molecule has 0 bridgehead atoms. The first-order chi connectivity index (χ1) is 12.7. The summed E-state index contributed by atoms with van der Waals surface area (Å²) >= 11 is 0. The average Bonchev–Trinajstić information content (AvgIpc) is 3.20. The Hall–Kier alpha value is -3.74. The van der Waals surface area contributed by atoms with Crippen LogP contribution in [0, 0.1) is 0 Å². The summed E-state index contributed by atoms with van der Waals surface area (Å²) in [7, 11) is 0. The Morgan fingerprint density at radius 2 is 1.92 bits per heavy atom. The minimum Gasteiger partial charge on any atom is -0.346 e. The predicted octanol–water partition coefficient (Wildman–Crippen LogP) is 2.04. The second-order valence-corrected chi connectivity index (χ2v) is 5.71. The highest BCUT2D eigenvalue weighted by Gasteiger charge is 2.14. The highest BCUT2D eigenvalue weighted by Crippen LogP contribution is 2.14. The normalized spacial score (nSPS) is 10.8. The van der Waals surface area contributed by atoms with Gasteiger partial charge in [-0.25, -0.2) is 9.97 Å². The van der Waals surface area contributed by atoms with Gasteiger partial charge in [-0.1, -0.05) is 30.3 Å². The van der Waals surface area contributed by atoms with Gasteiger partial charge in [-0.05, 0) is 23.8 Å². The summed E-state index contributed by atoms with van der Waals surface area (Å²) in [6.45, 7) is 0.265. The molecule has 0 aliphatic carbocycles. The Morgan fingerprint density at radius 1 is 1.12 bits per heavy atom. The monoisotopic (exact) mass is 345 g/mol. The molecule has 0 unspecified atom stereocenters. The highest BCUT2D eigenvalue weighted by molar-refractivity contribution is 5.93. The van der Waals surface area contributed by atoms with Crippen LogP contribution in [0.1, 0.15) is 16.1 Å². The maximum Gasteiger partial charge on any atom is 0.280 e. The molecule has 0 aliphatic heterocycles. The van der Waals surface area contributed by atoms with E-state index >= 15 is 0 Å². The SMILES string of the molecule is O=C(NCc1ccccc1-n1ccnc1)c1nc2ccccc2[nH]c1=O. The molecule has 2 heterocycles. The fourth-order valence-corrected chi connectivity index (χ4v) is 2.76. The molecule has 4 rings (SSSR count). The number of imidazole rings is 1. The summed E-state index contributed by atoms with van der Waals surface area (Å²) < 4.78 is 1.86. The van der Waals surface area contributed by atoms with Crippen LogP contribution in [0.25, 0.3) is 16.7 Å². The van der Waals surface area contributed by atoms with Crippen molar-refractivity contribution in [3.05, 3.63) is 88.9 Å². The number of para-hydroxylation sites is 3. The Labute approximate surface area is 148 Å².